The molecule has 0 aliphatic rings. The number of rotatable bonds is 6. The molecular weight excluding hydrogens is 225 g/mol. The summed E-state index contributed by atoms with van der Waals surface area (Å²) in [5, 5.41) is 0. The Bertz CT molecular complexity index is 227. The van der Waals surface area contributed by atoms with E-state index in [9.17, 15) is 8.42 Å². The quantitative estimate of drug-likeness (QED) is 0.392. The molecule has 4 nitrogen and oxygen atoms in total. The molecule has 0 aromatic rings. The van der Waals surface area contributed by atoms with Crippen LogP contribution in [0.5, 0.6) is 0 Å². The zero-order valence-electron chi connectivity index (χ0n) is 6.24. The SMILES string of the molecule is C=CCOS(=O)(=O)CCN(Cl)Cl. The average molecular weight is 234 g/mol. The van der Waals surface area contributed by atoms with Crippen LogP contribution in [0.3, 0.4) is 0 Å². The third-order valence-electron chi connectivity index (χ3n) is 0.876. The van der Waals surface area contributed by atoms with E-state index in [1.807, 2.05) is 0 Å². The van der Waals surface area contributed by atoms with Crippen LogP contribution in [0.1, 0.15) is 0 Å². The summed E-state index contributed by atoms with van der Waals surface area (Å²) in [6.45, 7) is 3.27. The maximum Gasteiger partial charge on any atom is 0.268 e. The second-order valence-electron chi connectivity index (χ2n) is 1.86. The third kappa shape index (κ3) is 6.87. The zero-order valence-corrected chi connectivity index (χ0v) is 8.57. The molecule has 0 N–H and O–H groups in total. The first-order valence-corrected chi connectivity index (χ1v) is 5.30. The molecule has 0 saturated carbocycles. The Kier molecular flexibility index (Phi) is 5.86. The van der Waals surface area contributed by atoms with Gasteiger partial charge in [-0.1, -0.05) is 6.08 Å². The van der Waals surface area contributed by atoms with Gasteiger partial charge in [0, 0.05) is 6.54 Å². The normalized spacial score (nSPS) is 11.9. The molecule has 0 bridgehead atoms. The molecule has 0 aliphatic carbocycles. The Labute approximate surface area is 82.0 Å². The number of hydrogen-bond acceptors (Lipinski definition) is 4. The molecule has 12 heavy (non-hydrogen) atoms. The van der Waals surface area contributed by atoms with E-state index in [4.69, 9.17) is 23.6 Å². The van der Waals surface area contributed by atoms with Crippen LogP contribution in [0.4, 0.5) is 0 Å². The lowest BCUT2D eigenvalue weighted by atomic mass is 10.7. The monoisotopic (exact) mass is 233 g/mol. The minimum Gasteiger partial charge on any atom is -0.266 e. The predicted octanol–water partition coefficient (Wildman–Crippen LogP) is 1.13. The second kappa shape index (κ2) is 5.77. The van der Waals surface area contributed by atoms with Crippen LogP contribution in [0.15, 0.2) is 12.7 Å². The fourth-order valence-electron chi connectivity index (χ4n) is 0.392. The molecule has 0 atom stereocenters. The van der Waals surface area contributed by atoms with Crippen molar-refractivity contribution in [2.45, 2.75) is 0 Å². The minimum absolute atomic E-state index is 0.00257. The van der Waals surface area contributed by atoms with Crippen LogP contribution < -0.4 is 0 Å². The lowest BCUT2D eigenvalue weighted by Crippen LogP contribution is -2.17. The van der Waals surface area contributed by atoms with Gasteiger partial charge in [-0.2, -0.15) is 8.42 Å². The lowest BCUT2D eigenvalue weighted by Gasteiger charge is -2.04. The van der Waals surface area contributed by atoms with E-state index >= 15 is 0 Å². The van der Waals surface area contributed by atoms with E-state index in [0.717, 1.165) is 3.94 Å². The second-order valence-corrected chi connectivity index (χ2v) is 4.61. The topological polar surface area (TPSA) is 46.6 Å². The Morgan fingerprint density at radius 2 is 2.08 bits per heavy atom. The van der Waals surface area contributed by atoms with Gasteiger partial charge in [-0.25, -0.2) is 0 Å². The van der Waals surface area contributed by atoms with Crippen molar-refractivity contribution < 1.29 is 12.6 Å². The molecule has 0 rings (SSSR count). The molecule has 0 aliphatic heterocycles. The Morgan fingerprint density at radius 1 is 1.50 bits per heavy atom. The van der Waals surface area contributed by atoms with Crippen molar-refractivity contribution in [3.63, 3.8) is 0 Å². The van der Waals surface area contributed by atoms with Crippen molar-refractivity contribution >= 4 is 33.7 Å². The summed E-state index contributed by atoms with van der Waals surface area (Å²) in [7, 11) is -3.52. The van der Waals surface area contributed by atoms with Gasteiger partial charge in [-0.3, -0.25) is 4.18 Å². The first kappa shape index (κ1) is 12.2. The van der Waals surface area contributed by atoms with Gasteiger partial charge in [-0.05, 0) is 23.6 Å². The first-order valence-electron chi connectivity index (χ1n) is 3.05. The molecule has 7 heteroatoms. The predicted molar refractivity (Wildman–Crippen MR) is 48.3 cm³/mol. The fraction of sp³-hybridized carbons (Fsp3) is 0.600. The standard InChI is InChI=1S/C5H9Cl2NO3S/c1-2-4-11-12(9,10)5-3-8(6)7/h2H,1,3-5H2. The summed E-state index contributed by atoms with van der Waals surface area (Å²) in [6.07, 6.45) is 1.34. The number of halogens is 2. The third-order valence-corrected chi connectivity index (χ3v) is 2.39. The summed E-state index contributed by atoms with van der Waals surface area (Å²) in [5.74, 6) is -0.242. The van der Waals surface area contributed by atoms with Gasteiger partial charge in [0.05, 0.1) is 12.4 Å². The van der Waals surface area contributed by atoms with Crippen LogP contribution in [-0.4, -0.2) is 31.3 Å². The highest BCUT2D eigenvalue weighted by molar-refractivity contribution is 7.86. The van der Waals surface area contributed by atoms with Crippen molar-refractivity contribution in [2.75, 3.05) is 18.9 Å². The summed E-state index contributed by atoms with van der Waals surface area (Å²) >= 11 is 10.4. The van der Waals surface area contributed by atoms with E-state index in [1.54, 1.807) is 0 Å². The van der Waals surface area contributed by atoms with E-state index in [0.29, 0.717) is 0 Å². The Hall–Kier alpha value is 0.190. The first-order chi connectivity index (χ1) is 5.48. The summed E-state index contributed by atoms with van der Waals surface area (Å²) in [5.41, 5.74) is 0. The van der Waals surface area contributed by atoms with Crippen molar-refractivity contribution in [1.29, 1.82) is 0 Å². The van der Waals surface area contributed by atoms with Crippen molar-refractivity contribution in [1.82, 2.24) is 3.94 Å². The molecule has 0 fully saturated rings. The van der Waals surface area contributed by atoms with Gasteiger partial charge >= 0.3 is 0 Å². The highest BCUT2D eigenvalue weighted by atomic mass is 35.5. The average Bonchev–Trinajstić information content (AvgIpc) is 1.98. The molecule has 0 aromatic carbocycles. The number of hydrogen-bond donors (Lipinski definition) is 0. The van der Waals surface area contributed by atoms with Crippen molar-refractivity contribution in [2.24, 2.45) is 0 Å². The van der Waals surface area contributed by atoms with Gasteiger partial charge in [0.15, 0.2) is 0 Å². The molecule has 0 amide bonds. The van der Waals surface area contributed by atoms with Crippen LogP contribution in [-0.2, 0) is 14.3 Å². The van der Waals surface area contributed by atoms with Crippen LogP contribution in [0.2, 0.25) is 0 Å². The van der Waals surface area contributed by atoms with Gasteiger partial charge in [0.1, 0.15) is 0 Å². The maximum atomic E-state index is 10.9. The number of nitrogens with zero attached hydrogens (tertiary/aromatic N) is 1. The van der Waals surface area contributed by atoms with Gasteiger partial charge < -0.3 is 0 Å². The minimum atomic E-state index is -3.52. The van der Waals surface area contributed by atoms with Gasteiger partial charge in [-0.15, -0.1) is 10.5 Å². The van der Waals surface area contributed by atoms with Crippen LogP contribution in [0.25, 0.3) is 0 Å². The smallest absolute Gasteiger partial charge is 0.266 e. The molecule has 0 saturated heterocycles. The fourth-order valence-corrected chi connectivity index (χ4v) is 1.59. The van der Waals surface area contributed by atoms with E-state index in [1.165, 1.54) is 6.08 Å². The maximum absolute atomic E-state index is 10.9. The van der Waals surface area contributed by atoms with Crippen molar-refractivity contribution in [3.05, 3.63) is 12.7 Å². The Morgan fingerprint density at radius 3 is 2.50 bits per heavy atom. The molecule has 0 heterocycles. The zero-order chi connectivity index (χ0) is 9.61. The van der Waals surface area contributed by atoms with Crippen LogP contribution >= 0.6 is 23.6 Å². The van der Waals surface area contributed by atoms with Gasteiger partial charge in [0.2, 0.25) is 0 Å². The Balaban J connectivity index is 3.80. The largest absolute Gasteiger partial charge is 0.268 e. The van der Waals surface area contributed by atoms with E-state index in [2.05, 4.69) is 10.8 Å². The molecular formula is C5H9Cl2NO3S. The summed E-state index contributed by atoms with van der Waals surface area (Å²) in [6, 6.07) is 0. The molecule has 0 radical (unpaired) electrons. The summed E-state index contributed by atoms with van der Waals surface area (Å²) < 4.78 is 26.9. The van der Waals surface area contributed by atoms with E-state index in [-0.39, 0.29) is 18.9 Å². The molecule has 0 unspecified atom stereocenters. The van der Waals surface area contributed by atoms with Crippen LogP contribution in [0, 0.1) is 0 Å². The molecule has 72 valence electrons. The summed E-state index contributed by atoms with van der Waals surface area (Å²) in [4.78, 5) is 0. The highest BCUT2D eigenvalue weighted by Gasteiger charge is 2.11. The van der Waals surface area contributed by atoms with E-state index < -0.39 is 10.1 Å². The molecule has 0 aromatic heterocycles. The van der Waals surface area contributed by atoms with Gasteiger partial charge in [0.25, 0.3) is 10.1 Å². The lowest BCUT2D eigenvalue weighted by molar-refractivity contribution is 0.356. The molecule has 0 spiro atoms. The highest BCUT2D eigenvalue weighted by Crippen LogP contribution is 2.01. The van der Waals surface area contributed by atoms with Crippen molar-refractivity contribution in [3.8, 4) is 0 Å².